The lowest BCUT2D eigenvalue weighted by Gasteiger charge is -2.34. The zero-order valence-electron chi connectivity index (χ0n) is 11.5. The van der Waals surface area contributed by atoms with E-state index >= 15 is 0 Å². The molecule has 0 aliphatic carbocycles. The van der Waals surface area contributed by atoms with Crippen LogP contribution in [0.4, 0.5) is 0 Å². The normalized spacial score (nSPS) is 23.4. The summed E-state index contributed by atoms with van der Waals surface area (Å²) in [6.45, 7) is 3.59. The molecule has 2 atom stereocenters. The zero-order valence-corrected chi connectivity index (χ0v) is 11.5. The highest BCUT2D eigenvalue weighted by molar-refractivity contribution is 5.80. The lowest BCUT2D eigenvalue weighted by Crippen LogP contribution is -2.46. The molecule has 1 aromatic carbocycles. The molecule has 1 fully saturated rings. The van der Waals surface area contributed by atoms with E-state index in [1.807, 2.05) is 30.0 Å². The molecule has 0 aromatic heterocycles. The summed E-state index contributed by atoms with van der Waals surface area (Å²) in [6, 6.07) is 8.06. The molecule has 5 nitrogen and oxygen atoms in total. The molecule has 0 radical (unpaired) electrons. The van der Waals surface area contributed by atoms with E-state index in [1.54, 1.807) is 0 Å². The lowest BCUT2D eigenvalue weighted by atomic mass is 9.85. The Morgan fingerprint density at radius 3 is 2.55 bits per heavy atom. The Bertz CT molecular complexity index is 514. The van der Waals surface area contributed by atoms with E-state index in [2.05, 4.69) is 6.07 Å². The van der Waals surface area contributed by atoms with E-state index in [-0.39, 0.29) is 0 Å². The molecule has 108 valence electrons. The summed E-state index contributed by atoms with van der Waals surface area (Å²) in [4.78, 5) is 24.3. The van der Waals surface area contributed by atoms with E-state index < -0.39 is 23.8 Å². The second-order valence-corrected chi connectivity index (χ2v) is 5.40. The third-order valence-electron chi connectivity index (χ3n) is 3.82. The maximum absolute atomic E-state index is 11.2. The summed E-state index contributed by atoms with van der Waals surface area (Å²) in [7, 11) is 0. The van der Waals surface area contributed by atoms with Crippen molar-refractivity contribution in [1.82, 2.24) is 4.90 Å². The van der Waals surface area contributed by atoms with Gasteiger partial charge in [0.05, 0.1) is 11.8 Å². The molecule has 1 saturated heterocycles. The Labute approximate surface area is 117 Å². The quantitative estimate of drug-likeness (QED) is 0.874. The minimum atomic E-state index is -1.02. The Morgan fingerprint density at radius 2 is 1.95 bits per heavy atom. The van der Waals surface area contributed by atoms with Crippen molar-refractivity contribution in [2.24, 2.45) is 11.8 Å². The topological polar surface area (TPSA) is 77.8 Å². The van der Waals surface area contributed by atoms with E-state index in [0.717, 1.165) is 11.1 Å². The number of aryl methyl sites for hydroxylation is 1. The predicted octanol–water partition coefficient (Wildman–Crippen LogP) is 1.60. The van der Waals surface area contributed by atoms with Crippen LogP contribution in [-0.2, 0) is 16.1 Å². The molecule has 20 heavy (non-hydrogen) atoms. The van der Waals surface area contributed by atoms with Crippen LogP contribution in [0.2, 0.25) is 0 Å². The van der Waals surface area contributed by atoms with E-state index in [1.165, 1.54) is 0 Å². The van der Waals surface area contributed by atoms with Crippen molar-refractivity contribution < 1.29 is 19.8 Å². The van der Waals surface area contributed by atoms with Crippen LogP contribution in [0.3, 0.4) is 0 Å². The highest BCUT2D eigenvalue weighted by Crippen LogP contribution is 2.25. The number of piperidine rings is 1. The summed E-state index contributed by atoms with van der Waals surface area (Å²) >= 11 is 0. The molecule has 2 rings (SSSR count). The maximum Gasteiger partial charge on any atom is 0.308 e. The van der Waals surface area contributed by atoms with Crippen LogP contribution in [0, 0.1) is 18.8 Å². The fourth-order valence-corrected chi connectivity index (χ4v) is 2.78. The first-order valence-corrected chi connectivity index (χ1v) is 6.71. The number of hydrogen-bond acceptors (Lipinski definition) is 3. The summed E-state index contributed by atoms with van der Waals surface area (Å²) in [6.07, 6.45) is 0.387. The van der Waals surface area contributed by atoms with Gasteiger partial charge in [0.25, 0.3) is 0 Å². The van der Waals surface area contributed by atoms with Gasteiger partial charge in [-0.3, -0.25) is 14.5 Å². The van der Waals surface area contributed by atoms with Crippen molar-refractivity contribution in [2.75, 3.05) is 13.1 Å². The van der Waals surface area contributed by atoms with Crippen molar-refractivity contribution in [1.29, 1.82) is 0 Å². The minimum Gasteiger partial charge on any atom is -0.481 e. The van der Waals surface area contributed by atoms with Crippen molar-refractivity contribution in [2.45, 2.75) is 19.9 Å². The van der Waals surface area contributed by atoms with Gasteiger partial charge in [-0.15, -0.1) is 0 Å². The highest BCUT2D eigenvalue weighted by atomic mass is 16.4. The molecule has 1 heterocycles. The van der Waals surface area contributed by atoms with Crippen molar-refractivity contribution in [3.8, 4) is 0 Å². The third-order valence-corrected chi connectivity index (χ3v) is 3.82. The van der Waals surface area contributed by atoms with Gasteiger partial charge in [-0.2, -0.15) is 0 Å². The fourth-order valence-electron chi connectivity index (χ4n) is 2.78. The van der Waals surface area contributed by atoms with Gasteiger partial charge in [0, 0.05) is 13.1 Å². The standard InChI is InChI=1S/C15H19NO4/c1-10-3-2-4-11(7-10)8-16-6-5-12(14(17)18)13(9-16)15(19)20/h2-4,7,12-13H,5-6,8-9H2,1H3,(H,17,18)(H,19,20). The molecule has 5 heteroatoms. The molecule has 0 amide bonds. The molecule has 2 N–H and O–H groups in total. The van der Waals surface area contributed by atoms with E-state index in [9.17, 15) is 14.7 Å². The summed E-state index contributed by atoms with van der Waals surface area (Å²) in [5.41, 5.74) is 2.29. The predicted molar refractivity (Wildman–Crippen MR) is 73.3 cm³/mol. The summed E-state index contributed by atoms with van der Waals surface area (Å²) in [5.74, 6) is -3.63. The molecule has 2 unspecified atom stereocenters. The van der Waals surface area contributed by atoms with Crippen LogP contribution in [0.15, 0.2) is 24.3 Å². The zero-order chi connectivity index (χ0) is 14.7. The van der Waals surface area contributed by atoms with Gasteiger partial charge in [0.1, 0.15) is 0 Å². The molecule has 0 bridgehead atoms. The van der Waals surface area contributed by atoms with Crippen LogP contribution in [0.25, 0.3) is 0 Å². The number of rotatable bonds is 4. The van der Waals surface area contributed by atoms with E-state index in [4.69, 9.17) is 5.11 Å². The number of carboxylic acids is 2. The first-order valence-electron chi connectivity index (χ1n) is 6.71. The number of hydrogen-bond donors (Lipinski definition) is 2. The Hall–Kier alpha value is -1.88. The average molecular weight is 277 g/mol. The number of benzene rings is 1. The summed E-state index contributed by atoms with van der Waals surface area (Å²) < 4.78 is 0. The van der Waals surface area contributed by atoms with E-state index in [0.29, 0.717) is 26.1 Å². The van der Waals surface area contributed by atoms with Crippen LogP contribution >= 0.6 is 0 Å². The molecule has 0 saturated carbocycles. The SMILES string of the molecule is Cc1cccc(CN2CCC(C(=O)O)C(C(=O)O)C2)c1. The van der Waals surface area contributed by atoms with Crippen LogP contribution < -0.4 is 0 Å². The van der Waals surface area contributed by atoms with Gasteiger partial charge < -0.3 is 10.2 Å². The maximum atomic E-state index is 11.2. The Balaban J connectivity index is 2.05. The number of carboxylic acid groups (broad SMARTS) is 2. The number of nitrogens with zero attached hydrogens (tertiary/aromatic N) is 1. The number of aliphatic carboxylic acids is 2. The van der Waals surface area contributed by atoms with Crippen LogP contribution in [0.1, 0.15) is 17.5 Å². The fraction of sp³-hybridized carbons (Fsp3) is 0.467. The molecule has 1 aromatic rings. The molecular formula is C15H19NO4. The van der Waals surface area contributed by atoms with Gasteiger partial charge in [0.2, 0.25) is 0 Å². The lowest BCUT2D eigenvalue weighted by molar-refractivity contribution is -0.157. The van der Waals surface area contributed by atoms with Crippen molar-refractivity contribution in [3.63, 3.8) is 0 Å². The van der Waals surface area contributed by atoms with Gasteiger partial charge in [-0.25, -0.2) is 0 Å². The first-order chi connectivity index (χ1) is 9.47. The minimum absolute atomic E-state index is 0.292. The second kappa shape index (κ2) is 6.05. The number of carbonyl (C=O) groups is 2. The average Bonchev–Trinajstić information content (AvgIpc) is 2.38. The van der Waals surface area contributed by atoms with Crippen LogP contribution in [0.5, 0.6) is 0 Å². The highest BCUT2D eigenvalue weighted by Gasteiger charge is 2.38. The van der Waals surface area contributed by atoms with Crippen molar-refractivity contribution in [3.05, 3.63) is 35.4 Å². The monoisotopic (exact) mass is 277 g/mol. The van der Waals surface area contributed by atoms with Crippen molar-refractivity contribution >= 4 is 11.9 Å². The second-order valence-electron chi connectivity index (χ2n) is 5.40. The van der Waals surface area contributed by atoms with Gasteiger partial charge >= 0.3 is 11.9 Å². The van der Waals surface area contributed by atoms with Crippen LogP contribution in [-0.4, -0.2) is 40.1 Å². The van der Waals surface area contributed by atoms with Gasteiger partial charge in [0.15, 0.2) is 0 Å². The third kappa shape index (κ3) is 3.36. The molecule has 1 aliphatic rings. The Kier molecular flexibility index (Phi) is 4.39. The molecular weight excluding hydrogens is 258 g/mol. The van der Waals surface area contributed by atoms with Gasteiger partial charge in [-0.05, 0) is 25.5 Å². The summed E-state index contributed by atoms with van der Waals surface area (Å²) in [5, 5.41) is 18.3. The van der Waals surface area contributed by atoms with Gasteiger partial charge in [-0.1, -0.05) is 29.8 Å². The molecule has 1 aliphatic heterocycles. The first kappa shape index (κ1) is 14.5. The molecule has 0 spiro atoms. The Morgan fingerprint density at radius 1 is 1.25 bits per heavy atom. The number of likely N-dealkylation sites (tertiary alicyclic amines) is 1. The largest absolute Gasteiger partial charge is 0.481 e. The smallest absolute Gasteiger partial charge is 0.308 e.